The van der Waals surface area contributed by atoms with E-state index >= 15 is 0 Å². The second kappa shape index (κ2) is 11.0. The van der Waals surface area contributed by atoms with Crippen LogP contribution in [0.15, 0.2) is 79.5 Å². The first-order valence-corrected chi connectivity index (χ1v) is 13.5. The molecule has 3 aromatic heterocycles. The van der Waals surface area contributed by atoms with Crippen molar-refractivity contribution in [2.75, 3.05) is 16.8 Å². The molecule has 0 saturated heterocycles. The van der Waals surface area contributed by atoms with Gasteiger partial charge in [-0.05, 0) is 74.0 Å². The van der Waals surface area contributed by atoms with Gasteiger partial charge in [0, 0.05) is 30.7 Å². The van der Waals surface area contributed by atoms with Crippen molar-refractivity contribution < 1.29 is 28.1 Å². The quantitative estimate of drug-likeness (QED) is 0.219. The van der Waals surface area contributed by atoms with Crippen LogP contribution in [-0.2, 0) is 16.6 Å². The van der Waals surface area contributed by atoms with Crippen molar-refractivity contribution >= 4 is 41.0 Å². The summed E-state index contributed by atoms with van der Waals surface area (Å²) in [6, 6.07) is 13.2. The van der Waals surface area contributed by atoms with Crippen molar-refractivity contribution in [3.63, 3.8) is 0 Å². The van der Waals surface area contributed by atoms with E-state index in [0.29, 0.717) is 17.2 Å². The van der Waals surface area contributed by atoms with Crippen LogP contribution in [-0.4, -0.2) is 54.3 Å². The molecule has 1 unspecified atom stereocenters. The van der Waals surface area contributed by atoms with E-state index in [1.54, 1.807) is 42.2 Å². The van der Waals surface area contributed by atoms with Gasteiger partial charge in [-0.25, -0.2) is 23.3 Å². The summed E-state index contributed by atoms with van der Waals surface area (Å²) in [6.07, 6.45) is 8.50. The van der Waals surface area contributed by atoms with Crippen molar-refractivity contribution in [2.24, 2.45) is 13.0 Å². The molecular weight excluding hydrogens is 553 g/mol. The summed E-state index contributed by atoms with van der Waals surface area (Å²) in [4.78, 5) is 44.9. The normalized spacial score (nSPS) is 15.1. The molecule has 4 heterocycles. The molecule has 0 radical (unpaired) electrons. The minimum absolute atomic E-state index is 0.178. The van der Waals surface area contributed by atoms with Gasteiger partial charge in [0.15, 0.2) is 11.7 Å². The maximum absolute atomic E-state index is 13.5. The van der Waals surface area contributed by atoms with Gasteiger partial charge in [0.2, 0.25) is 5.91 Å². The van der Waals surface area contributed by atoms with Crippen LogP contribution in [0.3, 0.4) is 0 Å². The predicted octanol–water partition coefficient (Wildman–Crippen LogP) is 4.80. The minimum atomic E-state index is -1.27. The fourth-order valence-corrected chi connectivity index (χ4v) is 4.88. The van der Waals surface area contributed by atoms with Gasteiger partial charge in [-0.15, -0.1) is 4.90 Å². The Balaban J connectivity index is 1.24. The van der Waals surface area contributed by atoms with E-state index in [2.05, 4.69) is 15.4 Å². The second-order valence-electron chi connectivity index (χ2n) is 10.1. The van der Waals surface area contributed by atoms with Crippen LogP contribution < -0.4 is 15.0 Å². The highest BCUT2D eigenvalue weighted by Gasteiger charge is 2.47. The number of carbonyl (C=O) groups excluding carboxylic acids is 3. The number of aryl methyl sites for hydroxylation is 2. The lowest BCUT2D eigenvalue weighted by atomic mass is 10.1. The number of aromatic nitrogens is 4. The summed E-state index contributed by atoms with van der Waals surface area (Å²) in [5.74, 6) is -1.98. The molecule has 0 spiro atoms. The fraction of sp³-hybridized carbons (Fsp3) is 0.161. The highest BCUT2D eigenvalue weighted by molar-refractivity contribution is 6.28. The molecule has 1 N–H and O–H groups in total. The number of fused-ring (bicyclic) bond motifs is 1. The maximum Gasteiger partial charge on any atom is 0.505 e. The van der Waals surface area contributed by atoms with Crippen molar-refractivity contribution in [3.05, 3.63) is 90.9 Å². The van der Waals surface area contributed by atoms with Gasteiger partial charge >= 0.3 is 11.9 Å². The third-order valence-corrected chi connectivity index (χ3v) is 7.09. The van der Waals surface area contributed by atoms with Crippen molar-refractivity contribution in [1.82, 2.24) is 19.2 Å². The average molecular weight is 581 g/mol. The largest absolute Gasteiger partial charge is 0.505 e. The van der Waals surface area contributed by atoms with Gasteiger partial charge in [0.25, 0.3) is 0 Å². The smallest absolute Gasteiger partial charge is 0.455 e. The highest BCUT2D eigenvalue weighted by atomic mass is 19.1. The van der Waals surface area contributed by atoms with Crippen LogP contribution >= 0.6 is 0 Å². The molecule has 216 valence electrons. The standard InChI is InChI=1S/C31H26FN7O4/c1-4-37-16-24(30(41)39(31(37)42)23-8-5-21(32)6-9-23)29(40)35-22-7-10-27(19(2)13-22)43-28-14-20(25-17-36(3)18-33-25)15-38-26(28)11-12-34-38/h5-18,24H,4H2,1-3H3/p+1. The van der Waals surface area contributed by atoms with Crippen molar-refractivity contribution in [1.29, 1.82) is 0 Å². The van der Waals surface area contributed by atoms with E-state index < -0.39 is 29.6 Å². The molecule has 4 amide bonds. The SMILES string of the molecule is CC[N+]1=CC(C(=O)Nc2ccc(Oc3cc(-c4cn(C)cn4)cn4nccc34)c(C)c2)C(=O)N(c2ccc(F)cc2)C1=O. The molecule has 0 saturated carbocycles. The number of rotatable bonds is 7. The Morgan fingerprint density at radius 2 is 1.86 bits per heavy atom. The molecule has 1 atom stereocenters. The van der Waals surface area contributed by atoms with Crippen LogP contribution in [0.5, 0.6) is 11.5 Å². The number of pyridine rings is 1. The molecule has 5 aromatic rings. The monoisotopic (exact) mass is 580 g/mol. The van der Waals surface area contributed by atoms with E-state index in [-0.39, 0.29) is 12.2 Å². The average Bonchev–Trinajstić information content (AvgIpc) is 3.65. The number of hydrogen-bond donors (Lipinski definition) is 1. The zero-order chi connectivity index (χ0) is 30.2. The topological polar surface area (TPSA) is 114 Å². The summed E-state index contributed by atoms with van der Waals surface area (Å²) >= 11 is 0. The van der Waals surface area contributed by atoms with E-state index in [0.717, 1.165) is 39.4 Å². The second-order valence-corrected chi connectivity index (χ2v) is 10.1. The van der Waals surface area contributed by atoms with E-state index in [4.69, 9.17) is 4.74 Å². The van der Waals surface area contributed by atoms with E-state index in [1.165, 1.54) is 22.9 Å². The first-order chi connectivity index (χ1) is 20.7. The summed E-state index contributed by atoms with van der Waals surface area (Å²) in [5, 5.41) is 7.13. The number of ether oxygens (including phenoxy) is 1. The Labute approximate surface area is 245 Å². The van der Waals surface area contributed by atoms with Gasteiger partial charge in [0.05, 0.1) is 31.0 Å². The Morgan fingerprint density at radius 3 is 2.56 bits per heavy atom. The molecule has 6 rings (SSSR count). The minimum Gasteiger partial charge on any atom is -0.455 e. The lowest BCUT2D eigenvalue weighted by Gasteiger charge is -2.22. The molecule has 0 fully saturated rings. The molecule has 0 aliphatic carbocycles. The van der Waals surface area contributed by atoms with Gasteiger partial charge < -0.3 is 14.6 Å². The number of halogens is 1. The Bertz CT molecular complexity index is 1930. The predicted molar refractivity (Wildman–Crippen MR) is 157 cm³/mol. The number of anilines is 2. The zero-order valence-electron chi connectivity index (χ0n) is 23.6. The lowest BCUT2D eigenvalue weighted by molar-refractivity contribution is -0.419. The van der Waals surface area contributed by atoms with Crippen LogP contribution in [0.4, 0.5) is 20.6 Å². The van der Waals surface area contributed by atoms with Crippen molar-refractivity contribution in [3.8, 4) is 22.8 Å². The van der Waals surface area contributed by atoms with E-state index in [1.807, 2.05) is 43.1 Å². The van der Waals surface area contributed by atoms with Gasteiger partial charge in [-0.2, -0.15) is 9.89 Å². The summed E-state index contributed by atoms with van der Waals surface area (Å²) in [6.45, 7) is 3.81. The first kappa shape index (κ1) is 27.5. The summed E-state index contributed by atoms with van der Waals surface area (Å²) in [5.41, 5.74) is 3.73. The molecule has 1 aliphatic heterocycles. The molecule has 0 bridgehead atoms. The number of urea groups is 1. The first-order valence-electron chi connectivity index (χ1n) is 13.5. The maximum atomic E-state index is 13.5. The molecule has 11 nitrogen and oxygen atoms in total. The van der Waals surface area contributed by atoms with Crippen molar-refractivity contribution in [2.45, 2.75) is 13.8 Å². The van der Waals surface area contributed by atoms with Gasteiger partial charge in [-0.1, -0.05) is 0 Å². The number of nitrogens with one attached hydrogen (secondary N) is 1. The van der Waals surface area contributed by atoms with Gasteiger partial charge in [0.1, 0.15) is 22.8 Å². The number of hydrogen-bond acceptors (Lipinski definition) is 6. The molecular formula is C31H27FN7O4+. The van der Waals surface area contributed by atoms with Crippen LogP contribution in [0.25, 0.3) is 16.8 Å². The third-order valence-electron chi connectivity index (χ3n) is 7.09. The van der Waals surface area contributed by atoms with Crippen LogP contribution in [0.1, 0.15) is 12.5 Å². The summed E-state index contributed by atoms with van der Waals surface area (Å²) < 4.78 is 24.7. The molecule has 12 heteroatoms. The lowest BCUT2D eigenvalue weighted by Crippen LogP contribution is -2.54. The number of imidazole rings is 1. The number of benzene rings is 2. The highest BCUT2D eigenvalue weighted by Crippen LogP contribution is 2.33. The Hall–Kier alpha value is -5.65. The number of amides is 4. The van der Waals surface area contributed by atoms with Crippen LogP contribution in [0.2, 0.25) is 0 Å². The number of imide groups is 1. The van der Waals surface area contributed by atoms with Gasteiger partial charge in [-0.3, -0.25) is 4.79 Å². The third kappa shape index (κ3) is 5.25. The summed E-state index contributed by atoms with van der Waals surface area (Å²) in [7, 11) is 1.90. The Kier molecular flexibility index (Phi) is 7.02. The van der Waals surface area contributed by atoms with E-state index in [9.17, 15) is 18.8 Å². The molecule has 2 aromatic carbocycles. The zero-order valence-corrected chi connectivity index (χ0v) is 23.6. The molecule has 1 aliphatic rings. The van der Waals surface area contributed by atoms with Crippen LogP contribution in [0, 0.1) is 18.7 Å². The number of carbonyl (C=O) groups is 3. The molecule has 43 heavy (non-hydrogen) atoms. The fourth-order valence-electron chi connectivity index (χ4n) is 4.88. The number of nitrogens with zero attached hydrogens (tertiary/aromatic N) is 6. The Morgan fingerprint density at radius 1 is 1.07 bits per heavy atom.